The van der Waals surface area contributed by atoms with Gasteiger partial charge in [0.2, 0.25) is 0 Å². The molecule has 1 aliphatic carbocycles. The average molecular weight is 316 g/mol. The van der Waals surface area contributed by atoms with E-state index in [1.165, 1.54) is 0 Å². The van der Waals surface area contributed by atoms with Gasteiger partial charge in [-0.05, 0) is 50.3 Å². The van der Waals surface area contributed by atoms with Gasteiger partial charge < -0.3 is 14.8 Å². The normalized spacial score (nSPS) is 23.8. The Labute approximate surface area is 137 Å². The fourth-order valence-corrected chi connectivity index (χ4v) is 3.27. The van der Waals surface area contributed by atoms with Crippen LogP contribution < -0.4 is 10.1 Å². The van der Waals surface area contributed by atoms with E-state index in [9.17, 15) is 10.1 Å². The molecule has 1 amide bonds. The molecule has 2 rings (SSSR count). The summed E-state index contributed by atoms with van der Waals surface area (Å²) >= 11 is 0. The van der Waals surface area contributed by atoms with E-state index < -0.39 is 5.60 Å². The molecule has 0 heterocycles. The van der Waals surface area contributed by atoms with Gasteiger partial charge in [-0.25, -0.2) is 0 Å². The summed E-state index contributed by atoms with van der Waals surface area (Å²) in [5.41, 5.74) is 0.0859. The number of nitrogens with zero attached hydrogens (tertiary/aromatic N) is 1. The van der Waals surface area contributed by atoms with Crippen molar-refractivity contribution in [3.63, 3.8) is 0 Å². The van der Waals surface area contributed by atoms with E-state index in [1.807, 2.05) is 6.92 Å². The van der Waals surface area contributed by atoms with Crippen LogP contribution >= 0.6 is 0 Å². The zero-order valence-electron chi connectivity index (χ0n) is 14.0. The van der Waals surface area contributed by atoms with Crippen LogP contribution in [0.15, 0.2) is 18.2 Å². The van der Waals surface area contributed by atoms with E-state index in [1.54, 1.807) is 25.3 Å². The van der Waals surface area contributed by atoms with Crippen LogP contribution in [-0.2, 0) is 9.53 Å². The van der Waals surface area contributed by atoms with Crippen molar-refractivity contribution in [2.75, 3.05) is 19.0 Å². The quantitative estimate of drug-likeness (QED) is 0.902. The molecule has 1 aromatic rings. The highest BCUT2D eigenvalue weighted by Gasteiger charge is 2.42. The zero-order chi connectivity index (χ0) is 16.9. The van der Waals surface area contributed by atoms with Gasteiger partial charge in [0.1, 0.15) is 17.4 Å². The van der Waals surface area contributed by atoms with E-state index in [0.29, 0.717) is 35.9 Å². The Hall–Kier alpha value is -2.06. The Morgan fingerprint density at radius 3 is 2.91 bits per heavy atom. The molecule has 1 aliphatic rings. The third kappa shape index (κ3) is 3.83. The lowest BCUT2D eigenvalue weighted by atomic mass is 9.78. The summed E-state index contributed by atoms with van der Waals surface area (Å²) in [4.78, 5) is 12.9. The maximum Gasteiger partial charge on any atom is 0.256 e. The van der Waals surface area contributed by atoms with Crippen molar-refractivity contribution in [3.8, 4) is 11.8 Å². The largest absolute Gasteiger partial charge is 0.497 e. The lowest BCUT2D eigenvalue weighted by molar-refractivity contribution is -0.147. The van der Waals surface area contributed by atoms with Gasteiger partial charge in [0.25, 0.3) is 5.91 Å². The van der Waals surface area contributed by atoms with Crippen molar-refractivity contribution in [2.45, 2.75) is 45.1 Å². The first-order valence-electron chi connectivity index (χ1n) is 8.08. The van der Waals surface area contributed by atoms with Crippen LogP contribution in [0.4, 0.5) is 5.69 Å². The Balaban J connectivity index is 2.24. The molecule has 0 radical (unpaired) electrons. The highest BCUT2D eigenvalue weighted by atomic mass is 16.5. The average Bonchev–Trinajstić information content (AvgIpc) is 2.55. The van der Waals surface area contributed by atoms with E-state index >= 15 is 0 Å². The monoisotopic (exact) mass is 316 g/mol. The summed E-state index contributed by atoms with van der Waals surface area (Å²) < 4.78 is 11.0. The summed E-state index contributed by atoms with van der Waals surface area (Å²) in [6.07, 6.45) is 3.52. The van der Waals surface area contributed by atoms with Crippen LogP contribution in [0.3, 0.4) is 0 Å². The number of methoxy groups -OCH3 is 1. The van der Waals surface area contributed by atoms with Gasteiger partial charge in [0.05, 0.1) is 18.4 Å². The summed E-state index contributed by atoms with van der Waals surface area (Å²) in [5.74, 6) is 0.880. The third-order valence-electron chi connectivity index (χ3n) is 4.39. The number of nitriles is 1. The molecule has 5 heteroatoms. The fraction of sp³-hybridized carbons (Fsp3) is 0.556. The smallest absolute Gasteiger partial charge is 0.256 e. The first-order chi connectivity index (χ1) is 11.0. The van der Waals surface area contributed by atoms with Crippen LogP contribution in [0.2, 0.25) is 0 Å². The molecule has 0 aliphatic heterocycles. The molecule has 1 saturated carbocycles. The maximum atomic E-state index is 12.9. The molecule has 1 N–H and O–H groups in total. The predicted molar refractivity (Wildman–Crippen MR) is 88.3 cm³/mol. The first kappa shape index (κ1) is 17.3. The minimum atomic E-state index is -0.793. The number of benzene rings is 1. The second-order valence-corrected chi connectivity index (χ2v) is 6.11. The van der Waals surface area contributed by atoms with Gasteiger partial charge in [-0.15, -0.1) is 0 Å². The number of hydrogen-bond acceptors (Lipinski definition) is 4. The minimum Gasteiger partial charge on any atom is -0.497 e. The number of ether oxygens (including phenoxy) is 2. The molecule has 23 heavy (non-hydrogen) atoms. The van der Waals surface area contributed by atoms with Crippen molar-refractivity contribution in [2.24, 2.45) is 5.92 Å². The summed E-state index contributed by atoms with van der Waals surface area (Å²) in [6, 6.07) is 7.14. The second kappa shape index (κ2) is 7.47. The number of nitrogens with one attached hydrogen (secondary N) is 1. The van der Waals surface area contributed by atoms with E-state index in [4.69, 9.17) is 9.47 Å². The van der Waals surface area contributed by atoms with E-state index in [-0.39, 0.29) is 5.91 Å². The molecule has 1 fully saturated rings. The molecule has 0 aromatic heterocycles. The molecule has 0 saturated heterocycles. The number of amides is 1. The maximum absolute atomic E-state index is 12.9. The molecular formula is C18H24N2O3. The van der Waals surface area contributed by atoms with Crippen molar-refractivity contribution in [1.29, 1.82) is 5.26 Å². The van der Waals surface area contributed by atoms with Crippen molar-refractivity contribution in [3.05, 3.63) is 23.8 Å². The zero-order valence-corrected chi connectivity index (χ0v) is 14.0. The van der Waals surface area contributed by atoms with Crippen LogP contribution in [0.25, 0.3) is 0 Å². The molecule has 5 nitrogen and oxygen atoms in total. The van der Waals surface area contributed by atoms with Gasteiger partial charge in [0, 0.05) is 6.61 Å². The van der Waals surface area contributed by atoms with E-state index in [0.717, 1.165) is 19.3 Å². The Morgan fingerprint density at radius 2 is 2.30 bits per heavy atom. The van der Waals surface area contributed by atoms with Crippen LogP contribution in [0.5, 0.6) is 5.75 Å². The fourth-order valence-electron chi connectivity index (χ4n) is 3.27. The summed E-state index contributed by atoms with van der Waals surface area (Å²) in [5, 5.41) is 12.2. The van der Waals surface area contributed by atoms with Gasteiger partial charge in [-0.1, -0.05) is 13.3 Å². The van der Waals surface area contributed by atoms with Gasteiger partial charge in [0.15, 0.2) is 0 Å². The van der Waals surface area contributed by atoms with Crippen LogP contribution in [0, 0.1) is 17.2 Å². The van der Waals surface area contributed by atoms with Crippen molar-refractivity contribution in [1.82, 2.24) is 0 Å². The van der Waals surface area contributed by atoms with E-state index in [2.05, 4.69) is 18.3 Å². The van der Waals surface area contributed by atoms with Crippen LogP contribution in [-0.4, -0.2) is 25.2 Å². The standard InChI is InChI=1S/C18H24N2O3/c1-4-23-18(9-5-6-13(2)11-18)17(21)20-16-8-7-15(22-3)10-14(16)12-19/h7-8,10,13H,4-6,9,11H2,1-3H3,(H,20,21)/t13-,18-/m0/s1. The minimum absolute atomic E-state index is 0.160. The highest BCUT2D eigenvalue weighted by Crippen LogP contribution is 2.36. The van der Waals surface area contributed by atoms with Gasteiger partial charge in [-0.2, -0.15) is 5.26 Å². The summed E-state index contributed by atoms with van der Waals surface area (Å²) in [6.45, 7) is 4.55. The van der Waals surface area contributed by atoms with Gasteiger partial charge in [-0.3, -0.25) is 4.79 Å². The molecular weight excluding hydrogens is 292 g/mol. The molecule has 0 unspecified atom stereocenters. The third-order valence-corrected chi connectivity index (χ3v) is 4.39. The van der Waals surface area contributed by atoms with Crippen molar-refractivity contribution < 1.29 is 14.3 Å². The number of anilines is 1. The van der Waals surface area contributed by atoms with Crippen LogP contribution in [0.1, 0.15) is 45.1 Å². The SMILES string of the molecule is CCO[C@@]1(C(=O)Nc2ccc(OC)cc2C#N)CCC[C@H](C)C1. The number of hydrogen-bond donors (Lipinski definition) is 1. The molecule has 1 aromatic carbocycles. The topological polar surface area (TPSA) is 71.3 Å². The van der Waals surface area contributed by atoms with Gasteiger partial charge >= 0.3 is 0 Å². The number of carbonyl (C=O) groups excluding carboxylic acids is 1. The lowest BCUT2D eigenvalue weighted by Crippen LogP contribution is -2.48. The summed E-state index contributed by atoms with van der Waals surface area (Å²) in [7, 11) is 1.54. The molecule has 124 valence electrons. The van der Waals surface area contributed by atoms with Crippen molar-refractivity contribution >= 4 is 11.6 Å². The number of rotatable bonds is 5. The highest BCUT2D eigenvalue weighted by molar-refractivity contribution is 5.98. The molecule has 2 atom stereocenters. The second-order valence-electron chi connectivity index (χ2n) is 6.11. The Bertz CT molecular complexity index is 605. The Kier molecular flexibility index (Phi) is 5.62. The molecule has 0 bridgehead atoms. The first-order valence-corrected chi connectivity index (χ1v) is 8.08. The predicted octanol–water partition coefficient (Wildman–Crippen LogP) is 3.49. The molecule has 0 spiro atoms. The lowest BCUT2D eigenvalue weighted by Gasteiger charge is -2.38. The number of carbonyl (C=O) groups is 1. The Morgan fingerprint density at radius 1 is 1.52 bits per heavy atom.